The fraction of sp³-hybridized carbons (Fsp3) is 0.462. The average molecular weight is 316 g/mol. The smallest absolute Gasteiger partial charge is 0.412 e. The normalized spacial score (nSPS) is 11.2. The van der Waals surface area contributed by atoms with Gasteiger partial charge in [-0.1, -0.05) is 6.07 Å². The van der Waals surface area contributed by atoms with Crippen LogP contribution >= 0.6 is 15.9 Å². The molecular formula is C13H18BrNO3. The number of benzene rings is 1. The van der Waals surface area contributed by atoms with Crippen molar-refractivity contribution in [1.82, 2.24) is 0 Å². The van der Waals surface area contributed by atoms with E-state index in [-0.39, 0.29) is 6.61 Å². The van der Waals surface area contributed by atoms with Crippen molar-refractivity contribution in [2.24, 2.45) is 0 Å². The monoisotopic (exact) mass is 315 g/mol. The van der Waals surface area contributed by atoms with Gasteiger partial charge in [0.05, 0.1) is 5.69 Å². The molecule has 0 saturated heterocycles. The van der Waals surface area contributed by atoms with Crippen molar-refractivity contribution in [2.45, 2.75) is 32.8 Å². The number of aliphatic hydroxyl groups is 1. The zero-order valence-electron chi connectivity index (χ0n) is 10.8. The second-order valence-corrected chi connectivity index (χ2v) is 5.77. The molecule has 0 unspecified atom stereocenters. The first-order chi connectivity index (χ1) is 8.31. The number of hydrogen-bond donors (Lipinski definition) is 2. The molecule has 0 bridgehead atoms. The summed E-state index contributed by atoms with van der Waals surface area (Å²) in [6, 6.07) is 5.53. The summed E-state index contributed by atoms with van der Waals surface area (Å²) in [5.41, 5.74) is 1.06. The highest BCUT2D eigenvalue weighted by molar-refractivity contribution is 9.10. The summed E-state index contributed by atoms with van der Waals surface area (Å²) in [7, 11) is 0. The Hall–Kier alpha value is -1.07. The van der Waals surface area contributed by atoms with Crippen LogP contribution in [0, 0.1) is 0 Å². The summed E-state index contributed by atoms with van der Waals surface area (Å²) in [6.07, 6.45) is 0.0559. The molecule has 5 heteroatoms. The summed E-state index contributed by atoms with van der Waals surface area (Å²) in [6.45, 7) is 5.50. The van der Waals surface area contributed by atoms with Gasteiger partial charge in [-0.05, 0) is 60.8 Å². The number of anilines is 1. The highest BCUT2D eigenvalue weighted by Crippen LogP contribution is 2.24. The topological polar surface area (TPSA) is 58.6 Å². The Kier molecular flexibility index (Phi) is 5.16. The standard InChI is InChI=1S/C13H18BrNO3/c1-13(2,3)18-12(17)15-11-8-9(6-7-16)4-5-10(11)14/h4-5,8,16H,6-7H2,1-3H3,(H,15,17). The highest BCUT2D eigenvalue weighted by Gasteiger charge is 2.17. The predicted molar refractivity (Wildman–Crippen MR) is 74.8 cm³/mol. The number of ether oxygens (including phenoxy) is 1. The van der Waals surface area contributed by atoms with E-state index in [1.807, 2.05) is 39.0 Å². The number of rotatable bonds is 3. The maximum atomic E-state index is 11.6. The largest absolute Gasteiger partial charge is 0.444 e. The van der Waals surface area contributed by atoms with Gasteiger partial charge >= 0.3 is 6.09 Å². The second-order valence-electron chi connectivity index (χ2n) is 4.91. The van der Waals surface area contributed by atoms with Crippen LogP contribution in [0.2, 0.25) is 0 Å². The van der Waals surface area contributed by atoms with Crippen LogP contribution in [0.25, 0.3) is 0 Å². The van der Waals surface area contributed by atoms with E-state index in [2.05, 4.69) is 21.2 Å². The van der Waals surface area contributed by atoms with Gasteiger partial charge in [-0.15, -0.1) is 0 Å². The van der Waals surface area contributed by atoms with Crippen molar-refractivity contribution < 1.29 is 14.6 Å². The summed E-state index contributed by atoms with van der Waals surface area (Å²) in [4.78, 5) is 11.6. The second kappa shape index (κ2) is 6.20. The molecule has 0 heterocycles. The van der Waals surface area contributed by atoms with Gasteiger partial charge in [0.1, 0.15) is 5.60 Å². The minimum absolute atomic E-state index is 0.0769. The number of carbonyl (C=O) groups is 1. The molecule has 0 atom stereocenters. The van der Waals surface area contributed by atoms with Crippen molar-refractivity contribution in [3.63, 3.8) is 0 Å². The van der Waals surface area contributed by atoms with Gasteiger partial charge < -0.3 is 9.84 Å². The van der Waals surface area contributed by atoms with E-state index in [1.165, 1.54) is 0 Å². The van der Waals surface area contributed by atoms with E-state index >= 15 is 0 Å². The minimum Gasteiger partial charge on any atom is -0.444 e. The number of carbonyl (C=O) groups excluding carboxylic acids is 1. The first kappa shape index (κ1) is 15.0. The van der Waals surface area contributed by atoms with Gasteiger partial charge in [-0.25, -0.2) is 4.79 Å². The van der Waals surface area contributed by atoms with Crippen LogP contribution in [0.5, 0.6) is 0 Å². The lowest BCUT2D eigenvalue weighted by Crippen LogP contribution is -2.27. The Morgan fingerprint density at radius 2 is 2.11 bits per heavy atom. The van der Waals surface area contributed by atoms with Gasteiger partial charge in [-0.2, -0.15) is 0 Å². The van der Waals surface area contributed by atoms with Crippen molar-refractivity contribution >= 4 is 27.7 Å². The molecule has 0 saturated carbocycles. The Morgan fingerprint density at radius 1 is 1.44 bits per heavy atom. The molecule has 4 nitrogen and oxygen atoms in total. The Bertz CT molecular complexity index is 427. The summed E-state index contributed by atoms with van der Waals surface area (Å²) in [5, 5.41) is 11.6. The lowest BCUT2D eigenvalue weighted by molar-refractivity contribution is 0.0636. The molecule has 1 aromatic rings. The van der Waals surface area contributed by atoms with Crippen LogP contribution in [0.4, 0.5) is 10.5 Å². The molecule has 0 fully saturated rings. The zero-order chi connectivity index (χ0) is 13.8. The molecule has 1 amide bonds. The van der Waals surface area contributed by atoms with Crippen LogP contribution in [-0.2, 0) is 11.2 Å². The van der Waals surface area contributed by atoms with Crippen LogP contribution in [0.1, 0.15) is 26.3 Å². The number of nitrogens with one attached hydrogen (secondary N) is 1. The fourth-order valence-corrected chi connectivity index (χ4v) is 1.71. The fourth-order valence-electron chi connectivity index (χ4n) is 1.37. The third-order valence-corrected chi connectivity index (χ3v) is 2.76. The van der Waals surface area contributed by atoms with E-state index in [0.717, 1.165) is 10.0 Å². The molecule has 100 valence electrons. The first-order valence-corrected chi connectivity index (χ1v) is 6.50. The van der Waals surface area contributed by atoms with Crippen LogP contribution < -0.4 is 5.32 Å². The van der Waals surface area contributed by atoms with Crippen molar-refractivity contribution in [3.05, 3.63) is 28.2 Å². The highest BCUT2D eigenvalue weighted by atomic mass is 79.9. The third kappa shape index (κ3) is 5.06. The first-order valence-electron chi connectivity index (χ1n) is 5.71. The molecule has 1 rings (SSSR count). The van der Waals surface area contributed by atoms with Crippen molar-refractivity contribution in [1.29, 1.82) is 0 Å². The van der Waals surface area contributed by atoms with Gasteiger partial charge in [0.25, 0.3) is 0 Å². The minimum atomic E-state index is -0.529. The van der Waals surface area contributed by atoms with Crippen LogP contribution in [-0.4, -0.2) is 23.4 Å². The van der Waals surface area contributed by atoms with Gasteiger partial charge in [0.15, 0.2) is 0 Å². The molecular weight excluding hydrogens is 298 g/mol. The molecule has 0 aliphatic rings. The number of hydrogen-bond acceptors (Lipinski definition) is 3. The zero-order valence-corrected chi connectivity index (χ0v) is 12.4. The predicted octanol–water partition coefficient (Wildman–Crippen LogP) is 3.33. The quantitative estimate of drug-likeness (QED) is 0.899. The van der Waals surface area contributed by atoms with Crippen LogP contribution in [0.15, 0.2) is 22.7 Å². The summed E-state index contributed by atoms with van der Waals surface area (Å²) in [5.74, 6) is 0. The molecule has 0 radical (unpaired) electrons. The lowest BCUT2D eigenvalue weighted by Gasteiger charge is -2.20. The third-order valence-electron chi connectivity index (χ3n) is 2.07. The maximum absolute atomic E-state index is 11.6. The SMILES string of the molecule is CC(C)(C)OC(=O)Nc1cc(CCO)ccc1Br. The van der Waals surface area contributed by atoms with E-state index in [1.54, 1.807) is 0 Å². The average Bonchev–Trinajstić information content (AvgIpc) is 2.20. The molecule has 0 spiro atoms. The van der Waals surface area contributed by atoms with Crippen molar-refractivity contribution in [3.8, 4) is 0 Å². The number of halogens is 1. The van der Waals surface area contributed by atoms with Crippen molar-refractivity contribution in [2.75, 3.05) is 11.9 Å². The Balaban J connectivity index is 2.77. The summed E-state index contributed by atoms with van der Waals surface area (Å²) >= 11 is 3.36. The molecule has 18 heavy (non-hydrogen) atoms. The molecule has 2 N–H and O–H groups in total. The van der Waals surface area contributed by atoms with Gasteiger partial charge in [0.2, 0.25) is 0 Å². The molecule has 1 aromatic carbocycles. The van der Waals surface area contributed by atoms with Gasteiger partial charge in [0, 0.05) is 11.1 Å². The van der Waals surface area contributed by atoms with E-state index in [4.69, 9.17) is 9.84 Å². The summed E-state index contributed by atoms with van der Waals surface area (Å²) < 4.78 is 5.95. The van der Waals surface area contributed by atoms with Crippen LogP contribution in [0.3, 0.4) is 0 Å². The number of aliphatic hydroxyl groups excluding tert-OH is 1. The van der Waals surface area contributed by atoms with E-state index < -0.39 is 11.7 Å². The van der Waals surface area contributed by atoms with E-state index in [0.29, 0.717) is 12.1 Å². The Morgan fingerprint density at radius 3 is 2.67 bits per heavy atom. The number of amides is 1. The maximum Gasteiger partial charge on any atom is 0.412 e. The van der Waals surface area contributed by atoms with E-state index in [9.17, 15) is 4.79 Å². The lowest BCUT2D eigenvalue weighted by atomic mass is 10.1. The molecule has 0 aliphatic carbocycles. The molecule has 0 aromatic heterocycles. The Labute approximate surface area is 115 Å². The van der Waals surface area contributed by atoms with Gasteiger partial charge in [-0.3, -0.25) is 5.32 Å². The molecule has 0 aliphatic heterocycles.